The van der Waals surface area contributed by atoms with Crippen molar-refractivity contribution in [3.63, 3.8) is 0 Å². The number of hydrogen-bond acceptors (Lipinski definition) is 7. The van der Waals surface area contributed by atoms with Crippen LogP contribution >= 0.6 is 0 Å². The molecule has 164 valence electrons. The first kappa shape index (κ1) is 22.3. The second-order valence-electron chi connectivity index (χ2n) is 7.28. The summed E-state index contributed by atoms with van der Waals surface area (Å²) in [5.41, 5.74) is 1.92. The van der Waals surface area contributed by atoms with Crippen molar-refractivity contribution in [3.8, 4) is 22.9 Å². The number of nitrogens with zero attached hydrogens (tertiary/aromatic N) is 4. The van der Waals surface area contributed by atoms with Gasteiger partial charge in [-0.15, -0.1) is 5.10 Å². The van der Waals surface area contributed by atoms with Gasteiger partial charge in [-0.3, -0.25) is 4.79 Å². The summed E-state index contributed by atoms with van der Waals surface area (Å²) in [7, 11) is 0. The maximum atomic E-state index is 11.7. The van der Waals surface area contributed by atoms with Crippen molar-refractivity contribution < 1.29 is 19.4 Å². The van der Waals surface area contributed by atoms with E-state index in [1.807, 2.05) is 38.1 Å². The minimum atomic E-state index is -0.153. The van der Waals surface area contributed by atoms with Gasteiger partial charge in [0.1, 0.15) is 17.2 Å². The number of aromatic hydroxyl groups is 1. The number of ether oxygens (including phenoxy) is 2. The molecular formula is C23H28N4O4. The highest BCUT2D eigenvalue weighted by atomic mass is 16.5. The second-order valence-corrected chi connectivity index (χ2v) is 7.28. The molecule has 1 N–H and O–H groups in total. The van der Waals surface area contributed by atoms with Gasteiger partial charge in [0.15, 0.2) is 11.6 Å². The van der Waals surface area contributed by atoms with E-state index < -0.39 is 0 Å². The molecule has 2 aromatic carbocycles. The van der Waals surface area contributed by atoms with Crippen LogP contribution in [-0.2, 0) is 6.42 Å². The number of ketones is 1. The summed E-state index contributed by atoms with van der Waals surface area (Å²) in [6.07, 6.45) is 3.15. The highest BCUT2D eigenvalue weighted by Gasteiger charge is 2.15. The Balaban J connectivity index is 1.45. The van der Waals surface area contributed by atoms with E-state index in [-0.39, 0.29) is 11.5 Å². The van der Waals surface area contributed by atoms with Crippen molar-refractivity contribution >= 4 is 5.78 Å². The van der Waals surface area contributed by atoms with Crippen LogP contribution in [0.2, 0.25) is 0 Å². The number of rotatable bonds is 11. The topological polar surface area (TPSA) is 99.4 Å². The van der Waals surface area contributed by atoms with Crippen LogP contribution in [-0.4, -0.2) is 44.3 Å². The number of aryl methyl sites for hydroxylation is 1. The molecule has 0 amide bonds. The fourth-order valence-electron chi connectivity index (χ4n) is 3.26. The van der Waals surface area contributed by atoms with Gasteiger partial charge in [-0.05, 0) is 79.9 Å². The molecule has 1 aromatic heterocycles. The van der Waals surface area contributed by atoms with E-state index in [0.717, 1.165) is 36.5 Å². The molecule has 0 unspecified atom stereocenters. The molecule has 3 aromatic rings. The third kappa shape index (κ3) is 5.59. The molecule has 1 heterocycles. The van der Waals surface area contributed by atoms with E-state index in [0.29, 0.717) is 36.5 Å². The molecule has 0 bridgehead atoms. The maximum Gasteiger partial charge on any atom is 0.163 e. The Bertz CT molecular complexity index is 1010. The molecule has 3 rings (SSSR count). The summed E-state index contributed by atoms with van der Waals surface area (Å²) in [4.78, 5) is 11.7. The van der Waals surface area contributed by atoms with Gasteiger partial charge in [0.25, 0.3) is 0 Å². The largest absolute Gasteiger partial charge is 0.507 e. The summed E-state index contributed by atoms with van der Waals surface area (Å²) in [6.45, 7) is 6.40. The minimum Gasteiger partial charge on any atom is -0.507 e. The fraction of sp³-hybridized carbons (Fsp3) is 0.391. The first-order valence-corrected chi connectivity index (χ1v) is 10.5. The van der Waals surface area contributed by atoms with E-state index in [1.165, 1.54) is 6.92 Å². The molecule has 0 aliphatic carbocycles. The van der Waals surface area contributed by atoms with Gasteiger partial charge >= 0.3 is 0 Å². The number of unbranched alkanes of at least 4 members (excludes halogenated alkanes) is 1. The van der Waals surface area contributed by atoms with Crippen LogP contribution in [0.1, 0.15) is 54.9 Å². The SMILES string of the molecule is CCCc1c(OCCCCOc2ccc(-n3nnnc3C)cc2)ccc(C(C)=O)c1O. The number of benzene rings is 2. The van der Waals surface area contributed by atoms with Crippen LogP contribution < -0.4 is 9.47 Å². The normalized spacial score (nSPS) is 10.8. The summed E-state index contributed by atoms with van der Waals surface area (Å²) >= 11 is 0. The van der Waals surface area contributed by atoms with Crippen molar-refractivity contribution in [2.75, 3.05) is 13.2 Å². The molecule has 0 saturated heterocycles. The number of tetrazole rings is 1. The van der Waals surface area contributed by atoms with Crippen molar-refractivity contribution in [1.82, 2.24) is 20.2 Å². The molecule has 0 spiro atoms. The zero-order valence-corrected chi connectivity index (χ0v) is 18.2. The van der Waals surface area contributed by atoms with Crippen LogP contribution in [0, 0.1) is 6.92 Å². The highest BCUT2D eigenvalue weighted by Crippen LogP contribution is 2.33. The Morgan fingerprint density at radius 1 is 1.06 bits per heavy atom. The standard InChI is InChI=1S/C23H28N4O4/c1-4-7-21-22(13-12-20(16(2)28)23(21)29)31-15-6-5-14-30-19-10-8-18(9-11-19)27-17(3)24-25-26-27/h8-13,29H,4-7,14-15H2,1-3H3. The summed E-state index contributed by atoms with van der Waals surface area (Å²) in [6, 6.07) is 11.0. The number of carbonyl (C=O) groups excluding carboxylic acids is 1. The van der Waals surface area contributed by atoms with Crippen LogP contribution in [0.3, 0.4) is 0 Å². The number of Topliss-reactive ketones (excluding diaryl/α,β-unsaturated/α-hetero) is 1. The van der Waals surface area contributed by atoms with Crippen LogP contribution in [0.25, 0.3) is 5.69 Å². The molecule has 8 heteroatoms. The molecule has 31 heavy (non-hydrogen) atoms. The molecule has 8 nitrogen and oxygen atoms in total. The highest BCUT2D eigenvalue weighted by molar-refractivity contribution is 5.97. The average Bonchev–Trinajstić information content (AvgIpc) is 3.19. The van der Waals surface area contributed by atoms with E-state index in [2.05, 4.69) is 15.5 Å². The summed E-state index contributed by atoms with van der Waals surface area (Å²) in [5.74, 6) is 2.03. The Hall–Kier alpha value is -3.42. The summed E-state index contributed by atoms with van der Waals surface area (Å²) < 4.78 is 13.3. The average molecular weight is 425 g/mol. The molecule has 0 fully saturated rings. The molecule has 0 aliphatic rings. The Morgan fingerprint density at radius 3 is 2.39 bits per heavy atom. The zero-order chi connectivity index (χ0) is 22.2. The Morgan fingerprint density at radius 2 is 1.77 bits per heavy atom. The van der Waals surface area contributed by atoms with Gasteiger partial charge in [0, 0.05) is 5.56 Å². The first-order valence-electron chi connectivity index (χ1n) is 10.5. The molecule has 0 aliphatic heterocycles. The quantitative estimate of drug-likeness (QED) is 0.366. The minimum absolute atomic E-state index is 0.0375. The number of carbonyl (C=O) groups is 1. The lowest BCUT2D eigenvalue weighted by atomic mass is 10.0. The number of phenolic OH excluding ortho intramolecular Hbond substituents is 1. The molecule has 0 radical (unpaired) electrons. The molecular weight excluding hydrogens is 396 g/mol. The predicted molar refractivity (Wildman–Crippen MR) is 116 cm³/mol. The predicted octanol–water partition coefficient (Wildman–Crippen LogP) is 4.07. The first-order chi connectivity index (χ1) is 15.0. The van der Waals surface area contributed by atoms with Gasteiger partial charge in [-0.25, -0.2) is 0 Å². The van der Waals surface area contributed by atoms with E-state index >= 15 is 0 Å². The van der Waals surface area contributed by atoms with Crippen LogP contribution in [0.5, 0.6) is 17.2 Å². The van der Waals surface area contributed by atoms with Gasteiger partial charge in [-0.1, -0.05) is 13.3 Å². The van der Waals surface area contributed by atoms with Crippen molar-refractivity contribution in [1.29, 1.82) is 0 Å². The second kappa shape index (κ2) is 10.6. The van der Waals surface area contributed by atoms with Crippen LogP contribution in [0.4, 0.5) is 0 Å². The van der Waals surface area contributed by atoms with Gasteiger partial charge in [-0.2, -0.15) is 4.68 Å². The lowest BCUT2D eigenvalue weighted by molar-refractivity contribution is 0.101. The lowest BCUT2D eigenvalue weighted by Gasteiger charge is -2.14. The lowest BCUT2D eigenvalue weighted by Crippen LogP contribution is -2.05. The third-order valence-electron chi connectivity index (χ3n) is 4.89. The van der Waals surface area contributed by atoms with E-state index in [4.69, 9.17) is 9.47 Å². The van der Waals surface area contributed by atoms with Gasteiger partial charge < -0.3 is 14.6 Å². The van der Waals surface area contributed by atoms with E-state index in [9.17, 15) is 9.90 Å². The molecule has 0 saturated carbocycles. The Labute approximate surface area is 181 Å². The molecule has 0 atom stereocenters. The smallest absolute Gasteiger partial charge is 0.163 e. The maximum absolute atomic E-state index is 11.7. The Kier molecular flexibility index (Phi) is 7.59. The van der Waals surface area contributed by atoms with Crippen LogP contribution in [0.15, 0.2) is 36.4 Å². The zero-order valence-electron chi connectivity index (χ0n) is 18.2. The monoisotopic (exact) mass is 424 g/mol. The fourth-order valence-corrected chi connectivity index (χ4v) is 3.26. The number of phenols is 1. The van der Waals surface area contributed by atoms with Crippen molar-refractivity contribution in [2.45, 2.75) is 46.5 Å². The summed E-state index contributed by atoms with van der Waals surface area (Å²) in [5, 5.41) is 21.9. The number of hydrogen-bond donors (Lipinski definition) is 1. The van der Waals surface area contributed by atoms with Crippen molar-refractivity contribution in [3.05, 3.63) is 53.3 Å². The van der Waals surface area contributed by atoms with Gasteiger partial charge in [0.05, 0.1) is 24.5 Å². The van der Waals surface area contributed by atoms with Crippen molar-refractivity contribution in [2.24, 2.45) is 0 Å². The third-order valence-corrected chi connectivity index (χ3v) is 4.89. The van der Waals surface area contributed by atoms with E-state index in [1.54, 1.807) is 16.8 Å². The van der Waals surface area contributed by atoms with Gasteiger partial charge in [0.2, 0.25) is 0 Å². The number of aromatic nitrogens is 4.